The monoisotopic (exact) mass is 454 g/mol. The van der Waals surface area contributed by atoms with Crippen molar-refractivity contribution < 1.29 is 19.2 Å². The standard InChI is InChI=1S/C27H22N2O5/c1-26-16-8-4-6-10-18(16)27(2,19-11-7-5-9-17(19)26)23-22(26)24(30)28(25(23)31)20-13-12-15(29(32)33)14-21(20)34-3/h4-14,22-23H,1-3H3/t22-,23-,26?,27?/m1/s1. The van der Waals surface area contributed by atoms with Crippen molar-refractivity contribution in [2.45, 2.75) is 24.7 Å². The first-order chi connectivity index (χ1) is 16.3. The van der Waals surface area contributed by atoms with E-state index in [0.29, 0.717) is 0 Å². The number of ether oxygens (including phenoxy) is 1. The van der Waals surface area contributed by atoms with Crippen LogP contribution in [0.5, 0.6) is 5.75 Å². The summed E-state index contributed by atoms with van der Waals surface area (Å²) >= 11 is 0. The molecule has 0 spiro atoms. The second kappa shape index (κ2) is 6.53. The highest BCUT2D eigenvalue weighted by Crippen LogP contribution is 2.66. The fourth-order valence-corrected chi connectivity index (χ4v) is 6.77. The maximum Gasteiger partial charge on any atom is 0.273 e. The Kier molecular flexibility index (Phi) is 3.96. The van der Waals surface area contributed by atoms with Crippen LogP contribution < -0.4 is 9.64 Å². The molecule has 7 rings (SSSR count). The molecule has 0 unspecified atom stereocenters. The summed E-state index contributed by atoms with van der Waals surface area (Å²) < 4.78 is 5.39. The second-order valence-corrected chi connectivity index (χ2v) is 9.58. The maximum absolute atomic E-state index is 14.1. The third kappa shape index (κ3) is 2.17. The zero-order valence-electron chi connectivity index (χ0n) is 18.9. The number of non-ortho nitro benzene ring substituents is 1. The van der Waals surface area contributed by atoms with Crippen LogP contribution in [0.15, 0.2) is 66.7 Å². The molecule has 1 fully saturated rings. The molecule has 4 aliphatic rings. The largest absolute Gasteiger partial charge is 0.494 e. The van der Waals surface area contributed by atoms with Crippen LogP contribution in [0.3, 0.4) is 0 Å². The first-order valence-corrected chi connectivity index (χ1v) is 11.2. The quantitative estimate of drug-likeness (QED) is 0.334. The highest BCUT2D eigenvalue weighted by molar-refractivity contribution is 6.24. The van der Waals surface area contributed by atoms with E-state index in [4.69, 9.17) is 4.74 Å². The third-order valence-corrected chi connectivity index (χ3v) is 8.26. The minimum absolute atomic E-state index is 0.118. The zero-order valence-corrected chi connectivity index (χ0v) is 18.9. The van der Waals surface area contributed by atoms with Crippen LogP contribution in [-0.4, -0.2) is 23.8 Å². The van der Waals surface area contributed by atoms with Crippen molar-refractivity contribution in [1.82, 2.24) is 0 Å². The smallest absolute Gasteiger partial charge is 0.273 e. The topological polar surface area (TPSA) is 89.8 Å². The van der Waals surface area contributed by atoms with Crippen LogP contribution in [0, 0.1) is 22.0 Å². The minimum Gasteiger partial charge on any atom is -0.494 e. The summed E-state index contributed by atoms with van der Waals surface area (Å²) in [6.07, 6.45) is 0. The molecule has 2 amide bonds. The van der Waals surface area contributed by atoms with Gasteiger partial charge in [0.05, 0.1) is 35.6 Å². The number of amides is 2. The van der Waals surface area contributed by atoms with Gasteiger partial charge < -0.3 is 4.74 Å². The molecule has 1 heterocycles. The number of imide groups is 1. The number of carbonyl (C=O) groups excluding carboxylic acids is 2. The van der Waals surface area contributed by atoms with E-state index >= 15 is 0 Å². The molecule has 7 nitrogen and oxygen atoms in total. The number of methoxy groups -OCH3 is 1. The lowest BCUT2D eigenvalue weighted by molar-refractivity contribution is -0.384. The van der Waals surface area contributed by atoms with Crippen molar-refractivity contribution in [2.24, 2.45) is 11.8 Å². The number of anilines is 1. The van der Waals surface area contributed by atoms with Crippen molar-refractivity contribution in [3.8, 4) is 5.75 Å². The van der Waals surface area contributed by atoms with Gasteiger partial charge in [-0.05, 0) is 28.3 Å². The average Bonchev–Trinajstić information content (AvgIpc) is 3.13. The summed E-state index contributed by atoms with van der Waals surface area (Å²) in [5, 5.41) is 11.3. The van der Waals surface area contributed by atoms with E-state index in [2.05, 4.69) is 38.1 Å². The molecule has 3 aliphatic carbocycles. The molecular formula is C27H22N2O5. The van der Waals surface area contributed by atoms with Crippen LogP contribution in [0.2, 0.25) is 0 Å². The van der Waals surface area contributed by atoms with Crippen LogP contribution in [-0.2, 0) is 20.4 Å². The van der Waals surface area contributed by atoms with E-state index < -0.39 is 27.6 Å². The van der Waals surface area contributed by atoms with Crippen molar-refractivity contribution in [1.29, 1.82) is 0 Å². The van der Waals surface area contributed by atoms with E-state index in [1.165, 1.54) is 30.2 Å². The lowest BCUT2D eigenvalue weighted by Crippen LogP contribution is -2.59. The van der Waals surface area contributed by atoms with Crippen molar-refractivity contribution in [3.63, 3.8) is 0 Å². The fraction of sp³-hybridized carbons (Fsp3) is 0.259. The SMILES string of the molecule is COc1cc([N+](=O)[O-])ccc1N1C(=O)[C@H]2[C@H](C1=O)C1(C)c3ccccc3C2(C)c2ccccc21. The summed E-state index contributed by atoms with van der Waals surface area (Å²) in [7, 11) is 1.37. The minimum atomic E-state index is -0.689. The molecule has 0 radical (unpaired) electrons. The molecule has 170 valence electrons. The van der Waals surface area contributed by atoms with Gasteiger partial charge in [-0.2, -0.15) is 0 Å². The second-order valence-electron chi connectivity index (χ2n) is 9.58. The Morgan fingerprint density at radius 2 is 1.26 bits per heavy atom. The Balaban J connectivity index is 1.61. The summed E-state index contributed by atoms with van der Waals surface area (Å²) in [5.41, 5.74) is 2.95. The molecule has 2 atom stereocenters. The summed E-state index contributed by atoms with van der Waals surface area (Å²) in [6, 6.07) is 20.1. The van der Waals surface area contributed by atoms with E-state index in [9.17, 15) is 19.7 Å². The van der Waals surface area contributed by atoms with E-state index in [-0.39, 0.29) is 28.9 Å². The molecule has 0 aromatic heterocycles. The van der Waals surface area contributed by atoms with Crippen LogP contribution in [0.25, 0.3) is 0 Å². The Morgan fingerprint density at radius 3 is 1.65 bits per heavy atom. The van der Waals surface area contributed by atoms with E-state index in [1.807, 2.05) is 24.3 Å². The molecule has 1 saturated heterocycles. The number of hydrogen-bond acceptors (Lipinski definition) is 5. The highest BCUT2D eigenvalue weighted by Gasteiger charge is 2.70. The van der Waals surface area contributed by atoms with Gasteiger partial charge in [0.15, 0.2) is 0 Å². The maximum atomic E-state index is 14.1. The number of nitrogens with zero attached hydrogens (tertiary/aromatic N) is 2. The molecule has 0 saturated carbocycles. The lowest BCUT2D eigenvalue weighted by Gasteiger charge is -2.57. The van der Waals surface area contributed by atoms with Crippen LogP contribution >= 0.6 is 0 Å². The average molecular weight is 454 g/mol. The molecule has 7 heteroatoms. The molecule has 2 bridgehead atoms. The zero-order chi connectivity index (χ0) is 24.0. The lowest BCUT2D eigenvalue weighted by atomic mass is 9.42. The van der Waals surface area contributed by atoms with Gasteiger partial charge in [-0.3, -0.25) is 19.7 Å². The van der Waals surface area contributed by atoms with Crippen molar-refractivity contribution in [3.05, 3.63) is 99.1 Å². The van der Waals surface area contributed by atoms with Crippen molar-refractivity contribution >= 4 is 23.2 Å². The Hall–Kier alpha value is -4.00. The predicted octanol–water partition coefficient (Wildman–Crippen LogP) is 4.35. The summed E-state index contributed by atoms with van der Waals surface area (Å²) in [5.74, 6) is -1.70. The van der Waals surface area contributed by atoms with Crippen LogP contribution in [0.1, 0.15) is 36.1 Å². The first-order valence-electron chi connectivity index (χ1n) is 11.2. The van der Waals surface area contributed by atoms with E-state index in [0.717, 1.165) is 22.3 Å². The summed E-state index contributed by atoms with van der Waals surface area (Å²) in [4.78, 5) is 40.1. The third-order valence-electron chi connectivity index (χ3n) is 8.26. The predicted molar refractivity (Wildman–Crippen MR) is 125 cm³/mol. The van der Waals surface area contributed by atoms with Gasteiger partial charge in [-0.15, -0.1) is 0 Å². The number of hydrogen-bond donors (Lipinski definition) is 0. The first kappa shape index (κ1) is 20.6. The van der Waals surface area contributed by atoms with Gasteiger partial charge in [-0.25, -0.2) is 4.90 Å². The number of nitro benzene ring substituents is 1. The Labute approximate surface area is 196 Å². The number of nitro groups is 1. The van der Waals surface area contributed by atoms with Gasteiger partial charge in [0, 0.05) is 16.9 Å². The molecule has 3 aromatic rings. The fourth-order valence-electron chi connectivity index (χ4n) is 6.77. The Morgan fingerprint density at radius 1 is 0.824 bits per heavy atom. The molecular weight excluding hydrogens is 432 g/mol. The van der Waals surface area contributed by atoms with Gasteiger partial charge in [0.1, 0.15) is 5.75 Å². The molecule has 1 aliphatic heterocycles. The van der Waals surface area contributed by atoms with Gasteiger partial charge in [-0.1, -0.05) is 62.4 Å². The molecule has 34 heavy (non-hydrogen) atoms. The number of benzene rings is 3. The number of carbonyl (C=O) groups is 2. The normalized spacial score (nSPS) is 28.4. The highest BCUT2D eigenvalue weighted by atomic mass is 16.6. The van der Waals surface area contributed by atoms with Gasteiger partial charge in [0.2, 0.25) is 11.8 Å². The summed E-state index contributed by atoms with van der Waals surface area (Å²) in [6.45, 7) is 4.12. The number of rotatable bonds is 3. The van der Waals surface area contributed by atoms with Gasteiger partial charge >= 0.3 is 0 Å². The van der Waals surface area contributed by atoms with Crippen molar-refractivity contribution in [2.75, 3.05) is 12.0 Å². The van der Waals surface area contributed by atoms with Gasteiger partial charge in [0.25, 0.3) is 5.69 Å². The Bertz CT molecular complexity index is 1310. The van der Waals surface area contributed by atoms with Crippen LogP contribution in [0.4, 0.5) is 11.4 Å². The van der Waals surface area contributed by atoms with E-state index in [1.54, 1.807) is 0 Å². The molecule has 3 aromatic carbocycles. The molecule has 0 N–H and O–H groups in total.